The van der Waals surface area contributed by atoms with Gasteiger partial charge >= 0.3 is 0 Å². The number of hydrogen-bond acceptors (Lipinski definition) is 6. The zero-order chi connectivity index (χ0) is 23.1. The minimum absolute atomic E-state index is 0.0841. The maximum absolute atomic E-state index is 13.3. The standard InChI is InChI=1S/C23H29N3O5S/c1-23(2)30-20-11-8-16(14-21(20)31-23)24-22(27)18-15-17(32(28,29)25(3)4)9-10-19(18)26-12-6-5-7-13-26/h8-11,14-15H,5-7,12-13H2,1-4H3,(H,24,27). The largest absolute Gasteiger partial charge is 0.449 e. The summed E-state index contributed by atoms with van der Waals surface area (Å²) in [5.74, 6) is 0.0231. The van der Waals surface area contributed by atoms with Gasteiger partial charge in [-0.15, -0.1) is 0 Å². The molecule has 2 aliphatic heterocycles. The second kappa shape index (κ2) is 8.29. The van der Waals surface area contributed by atoms with Crippen molar-refractivity contribution >= 4 is 27.3 Å². The number of nitrogens with one attached hydrogen (secondary N) is 1. The average molecular weight is 460 g/mol. The van der Waals surface area contributed by atoms with Crippen molar-refractivity contribution in [3.05, 3.63) is 42.0 Å². The number of hydrogen-bond donors (Lipinski definition) is 1. The molecular weight excluding hydrogens is 430 g/mol. The fourth-order valence-corrected chi connectivity index (χ4v) is 4.91. The summed E-state index contributed by atoms with van der Waals surface area (Å²) >= 11 is 0. The zero-order valence-corrected chi connectivity index (χ0v) is 19.7. The Bertz CT molecular complexity index is 1140. The molecule has 2 aliphatic rings. The molecule has 0 unspecified atom stereocenters. The third kappa shape index (κ3) is 4.40. The van der Waals surface area contributed by atoms with Crippen LogP contribution in [0.2, 0.25) is 0 Å². The van der Waals surface area contributed by atoms with Crippen molar-refractivity contribution in [2.45, 2.75) is 43.8 Å². The fraction of sp³-hybridized carbons (Fsp3) is 0.435. The Labute approximate surface area is 189 Å². The number of nitrogens with zero attached hydrogens (tertiary/aromatic N) is 2. The molecule has 0 aromatic heterocycles. The molecule has 0 bridgehead atoms. The molecule has 9 heteroatoms. The lowest BCUT2D eigenvalue weighted by Crippen LogP contribution is -2.32. The van der Waals surface area contributed by atoms with Gasteiger partial charge in [0.05, 0.1) is 10.5 Å². The first-order valence-corrected chi connectivity index (χ1v) is 12.2. The highest BCUT2D eigenvalue weighted by Gasteiger charge is 2.32. The highest BCUT2D eigenvalue weighted by molar-refractivity contribution is 7.89. The van der Waals surface area contributed by atoms with E-state index in [9.17, 15) is 13.2 Å². The molecule has 1 fully saturated rings. The Kier molecular flexibility index (Phi) is 5.81. The highest BCUT2D eigenvalue weighted by atomic mass is 32.2. The lowest BCUT2D eigenvalue weighted by molar-refractivity contribution is -0.0431. The lowest BCUT2D eigenvalue weighted by atomic mass is 10.1. The summed E-state index contributed by atoms with van der Waals surface area (Å²) in [4.78, 5) is 15.6. The minimum Gasteiger partial charge on any atom is -0.449 e. The summed E-state index contributed by atoms with van der Waals surface area (Å²) in [6.45, 7) is 5.29. The average Bonchev–Trinajstić information content (AvgIpc) is 3.06. The van der Waals surface area contributed by atoms with Gasteiger partial charge in [0.15, 0.2) is 11.5 Å². The second-order valence-electron chi connectivity index (χ2n) is 8.73. The van der Waals surface area contributed by atoms with Gasteiger partial charge in [0.2, 0.25) is 15.8 Å². The van der Waals surface area contributed by atoms with E-state index in [-0.39, 0.29) is 10.8 Å². The molecule has 4 rings (SSSR count). The van der Waals surface area contributed by atoms with Crippen LogP contribution >= 0.6 is 0 Å². The predicted octanol–water partition coefficient (Wildman–Crippen LogP) is 3.69. The number of fused-ring (bicyclic) bond motifs is 1. The number of sulfonamides is 1. The van der Waals surface area contributed by atoms with E-state index in [1.807, 2.05) is 13.8 Å². The molecule has 2 aromatic rings. The molecular formula is C23H29N3O5S. The maximum Gasteiger partial charge on any atom is 0.257 e. The monoisotopic (exact) mass is 459 g/mol. The number of carbonyl (C=O) groups is 1. The summed E-state index contributed by atoms with van der Waals surface area (Å²) in [6.07, 6.45) is 3.23. The van der Waals surface area contributed by atoms with Crippen molar-refractivity contribution in [1.29, 1.82) is 0 Å². The van der Waals surface area contributed by atoms with E-state index in [1.165, 1.54) is 20.2 Å². The molecule has 8 nitrogen and oxygen atoms in total. The van der Waals surface area contributed by atoms with Gasteiger partial charge in [-0.05, 0) is 49.6 Å². The number of benzene rings is 2. The Morgan fingerprint density at radius 2 is 1.69 bits per heavy atom. The molecule has 0 atom stereocenters. The van der Waals surface area contributed by atoms with Gasteiger partial charge < -0.3 is 19.7 Å². The van der Waals surface area contributed by atoms with Crippen LogP contribution in [0.25, 0.3) is 0 Å². The van der Waals surface area contributed by atoms with E-state index < -0.39 is 15.8 Å². The molecule has 2 heterocycles. The molecule has 2 aromatic carbocycles. The molecule has 0 aliphatic carbocycles. The zero-order valence-electron chi connectivity index (χ0n) is 18.8. The number of rotatable bonds is 5. The molecule has 1 saturated heterocycles. The summed E-state index contributed by atoms with van der Waals surface area (Å²) in [5, 5.41) is 2.89. The first kappa shape index (κ1) is 22.4. The molecule has 0 spiro atoms. The Hall–Kier alpha value is -2.78. The third-order valence-corrected chi connectivity index (χ3v) is 7.41. The first-order chi connectivity index (χ1) is 15.1. The summed E-state index contributed by atoms with van der Waals surface area (Å²) in [5.41, 5.74) is 1.61. The van der Waals surface area contributed by atoms with Gasteiger partial charge in [0.1, 0.15) is 0 Å². The quantitative estimate of drug-likeness (QED) is 0.734. The molecule has 0 radical (unpaired) electrons. The van der Waals surface area contributed by atoms with Gasteiger partial charge in [0, 0.05) is 58.5 Å². The van der Waals surface area contributed by atoms with Crippen molar-refractivity contribution < 1.29 is 22.7 Å². The summed E-state index contributed by atoms with van der Waals surface area (Å²) in [7, 11) is -0.728. The van der Waals surface area contributed by atoms with Crippen LogP contribution in [0.15, 0.2) is 41.3 Å². The van der Waals surface area contributed by atoms with Crippen molar-refractivity contribution in [2.75, 3.05) is 37.4 Å². The van der Waals surface area contributed by atoms with Crippen LogP contribution in [0, 0.1) is 0 Å². The van der Waals surface area contributed by atoms with Crippen LogP contribution < -0.4 is 19.7 Å². The predicted molar refractivity (Wildman–Crippen MR) is 123 cm³/mol. The van der Waals surface area contributed by atoms with Gasteiger partial charge in [0.25, 0.3) is 5.91 Å². The van der Waals surface area contributed by atoms with Gasteiger partial charge in [-0.25, -0.2) is 12.7 Å². The van der Waals surface area contributed by atoms with Crippen molar-refractivity contribution in [2.24, 2.45) is 0 Å². The van der Waals surface area contributed by atoms with Gasteiger partial charge in [-0.2, -0.15) is 0 Å². The van der Waals surface area contributed by atoms with E-state index >= 15 is 0 Å². The molecule has 1 N–H and O–H groups in total. The molecule has 172 valence electrons. The summed E-state index contributed by atoms with van der Waals surface area (Å²) in [6, 6.07) is 9.96. The van der Waals surface area contributed by atoms with Gasteiger partial charge in [-0.1, -0.05) is 0 Å². The number of anilines is 2. The Balaban J connectivity index is 1.68. The van der Waals surface area contributed by atoms with Crippen LogP contribution in [0.4, 0.5) is 11.4 Å². The highest BCUT2D eigenvalue weighted by Crippen LogP contribution is 2.41. The number of amides is 1. The lowest BCUT2D eigenvalue weighted by Gasteiger charge is -2.30. The van der Waals surface area contributed by atoms with E-state index in [0.29, 0.717) is 22.7 Å². The van der Waals surface area contributed by atoms with Gasteiger partial charge in [-0.3, -0.25) is 4.79 Å². The van der Waals surface area contributed by atoms with E-state index in [1.54, 1.807) is 30.3 Å². The van der Waals surface area contributed by atoms with E-state index in [4.69, 9.17) is 9.47 Å². The van der Waals surface area contributed by atoms with Crippen molar-refractivity contribution in [3.8, 4) is 11.5 Å². The van der Waals surface area contributed by atoms with Crippen molar-refractivity contribution in [3.63, 3.8) is 0 Å². The maximum atomic E-state index is 13.3. The Morgan fingerprint density at radius 1 is 1.00 bits per heavy atom. The SMILES string of the molecule is CN(C)S(=O)(=O)c1ccc(N2CCCCC2)c(C(=O)Nc2ccc3c(c2)OC(C)(C)O3)c1. The number of carbonyl (C=O) groups excluding carboxylic acids is 1. The van der Waals surface area contributed by atoms with Crippen LogP contribution in [0.5, 0.6) is 11.5 Å². The van der Waals surface area contributed by atoms with Crippen LogP contribution in [-0.2, 0) is 10.0 Å². The molecule has 0 saturated carbocycles. The number of piperidine rings is 1. The van der Waals surface area contributed by atoms with Crippen LogP contribution in [0.3, 0.4) is 0 Å². The third-order valence-electron chi connectivity index (χ3n) is 5.60. The van der Waals surface area contributed by atoms with Crippen LogP contribution in [0.1, 0.15) is 43.5 Å². The van der Waals surface area contributed by atoms with Crippen molar-refractivity contribution in [1.82, 2.24) is 4.31 Å². The smallest absolute Gasteiger partial charge is 0.257 e. The molecule has 1 amide bonds. The fourth-order valence-electron chi connectivity index (χ4n) is 3.98. The van der Waals surface area contributed by atoms with E-state index in [2.05, 4.69) is 10.2 Å². The minimum atomic E-state index is -3.68. The van der Waals surface area contributed by atoms with Crippen LogP contribution in [-0.4, -0.2) is 51.6 Å². The summed E-state index contributed by atoms with van der Waals surface area (Å²) < 4.78 is 38.0. The molecule has 32 heavy (non-hydrogen) atoms. The topological polar surface area (TPSA) is 88.2 Å². The second-order valence-corrected chi connectivity index (χ2v) is 10.9. The normalized spacial score (nSPS) is 17.5. The first-order valence-electron chi connectivity index (χ1n) is 10.7. The number of ether oxygens (including phenoxy) is 2. The van der Waals surface area contributed by atoms with E-state index in [0.717, 1.165) is 42.3 Å². The Morgan fingerprint density at radius 3 is 2.38 bits per heavy atom.